The number of carbonyl (C=O) groups is 2. The first-order chi connectivity index (χ1) is 9.19. The van der Waals surface area contributed by atoms with Gasteiger partial charge in [0.2, 0.25) is 0 Å². The number of cyclic esters (lactones) is 1. The normalized spacial score (nSPS) is 21.6. The van der Waals surface area contributed by atoms with E-state index < -0.39 is 6.04 Å². The zero-order chi connectivity index (χ0) is 13.4. The number of benzene rings is 1. The van der Waals surface area contributed by atoms with Gasteiger partial charge < -0.3 is 15.4 Å². The van der Waals surface area contributed by atoms with Crippen molar-refractivity contribution in [2.45, 2.75) is 19.4 Å². The molecule has 0 bridgehead atoms. The molecular formula is C14H14N2O3. The average Bonchev–Trinajstić information content (AvgIpc) is 2.79. The summed E-state index contributed by atoms with van der Waals surface area (Å²) in [6, 6.07) is 7.15. The number of amides is 2. The summed E-state index contributed by atoms with van der Waals surface area (Å²) in [6.07, 6.45) is 0.953. The minimum Gasteiger partial charge on any atom is -0.456 e. The highest BCUT2D eigenvalue weighted by atomic mass is 16.5. The van der Waals surface area contributed by atoms with Gasteiger partial charge in [0, 0.05) is 0 Å². The summed E-state index contributed by atoms with van der Waals surface area (Å²) in [7, 11) is 0. The van der Waals surface area contributed by atoms with Crippen molar-refractivity contribution in [1.29, 1.82) is 0 Å². The van der Waals surface area contributed by atoms with Gasteiger partial charge in [0.05, 0.1) is 17.3 Å². The Morgan fingerprint density at radius 3 is 2.68 bits per heavy atom. The van der Waals surface area contributed by atoms with E-state index in [4.69, 9.17) is 4.74 Å². The molecule has 2 aliphatic heterocycles. The Labute approximate surface area is 110 Å². The Kier molecular flexibility index (Phi) is 2.74. The largest absolute Gasteiger partial charge is 0.456 e. The van der Waals surface area contributed by atoms with Crippen molar-refractivity contribution in [2.75, 3.05) is 6.61 Å². The number of carbonyl (C=O) groups excluding carboxylic acids is 2. The number of hydrogen-bond donors (Lipinski definition) is 2. The molecule has 0 saturated carbocycles. The molecule has 1 atom stereocenters. The van der Waals surface area contributed by atoms with Crippen LogP contribution in [0.15, 0.2) is 35.5 Å². The predicted octanol–water partition coefficient (Wildman–Crippen LogP) is 1.41. The van der Waals surface area contributed by atoms with Crippen LogP contribution in [0, 0.1) is 0 Å². The van der Waals surface area contributed by atoms with Crippen LogP contribution < -0.4 is 10.6 Å². The summed E-state index contributed by atoms with van der Waals surface area (Å²) in [5.41, 5.74) is 3.17. The fourth-order valence-corrected chi connectivity index (χ4v) is 2.38. The Bertz CT molecular complexity index is 575. The number of urea groups is 1. The van der Waals surface area contributed by atoms with Gasteiger partial charge in [-0.1, -0.05) is 31.2 Å². The maximum Gasteiger partial charge on any atom is 0.338 e. The highest BCUT2D eigenvalue weighted by molar-refractivity contribution is 5.97. The van der Waals surface area contributed by atoms with Crippen LogP contribution in [0.3, 0.4) is 0 Å². The highest BCUT2D eigenvalue weighted by Gasteiger charge is 2.37. The van der Waals surface area contributed by atoms with Gasteiger partial charge in [-0.05, 0) is 17.5 Å². The lowest BCUT2D eigenvalue weighted by Gasteiger charge is -2.24. The zero-order valence-electron chi connectivity index (χ0n) is 10.5. The summed E-state index contributed by atoms with van der Waals surface area (Å²) in [6.45, 7) is 2.22. The first kappa shape index (κ1) is 11.8. The predicted molar refractivity (Wildman–Crippen MR) is 68.2 cm³/mol. The van der Waals surface area contributed by atoms with Crippen molar-refractivity contribution >= 4 is 12.0 Å². The summed E-state index contributed by atoms with van der Waals surface area (Å²) in [5, 5.41) is 5.38. The van der Waals surface area contributed by atoms with E-state index in [1.165, 1.54) is 5.56 Å². The van der Waals surface area contributed by atoms with Crippen LogP contribution in [0.4, 0.5) is 4.79 Å². The number of rotatable bonds is 2. The summed E-state index contributed by atoms with van der Waals surface area (Å²) in [5.74, 6) is -0.368. The summed E-state index contributed by atoms with van der Waals surface area (Å²) in [4.78, 5) is 23.3. The van der Waals surface area contributed by atoms with Gasteiger partial charge in [-0.15, -0.1) is 0 Å². The first-order valence-electron chi connectivity index (χ1n) is 6.25. The van der Waals surface area contributed by atoms with E-state index in [1.54, 1.807) is 0 Å². The monoisotopic (exact) mass is 258 g/mol. The topological polar surface area (TPSA) is 67.4 Å². The van der Waals surface area contributed by atoms with E-state index >= 15 is 0 Å². The number of nitrogens with one attached hydrogen (secondary N) is 2. The molecule has 2 aliphatic rings. The molecule has 1 aromatic rings. The molecule has 0 aliphatic carbocycles. The molecule has 0 aromatic heterocycles. The fraction of sp³-hybridized carbons (Fsp3) is 0.286. The van der Waals surface area contributed by atoms with Crippen molar-refractivity contribution in [2.24, 2.45) is 0 Å². The molecule has 0 fully saturated rings. The number of hydrogen-bond acceptors (Lipinski definition) is 3. The molecule has 2 amide bonds. The smallest absolute Gasteiger partial charge is 0.338 e. The third-order valence-corrected chi connectivity index (χ3v) is 3.44. The van der Waals surface area contributed by atoms with E-state index in [1.807, 2.05) is 24.3 Å². The molecule has 5 nitrogen and oxygen atoms in total. The van der Waals surface area contributed by atoms with Crippen LogP contribution in [0.2, 0.25) is 0 Å². The zero-order valence-corrected chi connectivity index (χ0v) is 10.5. The molecule has 3 rings (SSSR count). The molecule has 19 heavy (non-hydrogen) atoms. The average molecular weight is 258 g/mol. The quantitative estimate of drug-likeness (QED) is 0.788. The minimum atomic E-state index is -0.426. The van der Waals surface area contributed by atoms with Crippen molar-refractivity contribution in [3.05, 3.63) is 46.7 Å². The third kappa shape index (κ3) is 1.97. The second-order valence-corrected chi connectivity index (χ2v) is 4.59. The SMILES string of the molecule is CCc1ccc([C@H]2NC(=O)NC3=C2C(=O)OC3)cc1. The van der Waals surface area contributed by atoms with E-state index in [9.17, 15) is 9.59 Å². The van der Waals surface area contributed by atoms with E-state index in [0.717, 1.165) is 12.0 Å². The molecule has 0 unspecified atom stereocenters. The van der Waals surface area contributed by atoms with Crippen molar-refractivity contribution in [1.82, 2.24) is 10.6 Å². The molecule has 1 aromatic carbocycles. The second-order valence-electron chi connectivity index (χ2n) is 4.59. The minimum absolute atomic E-state index is 0.144. The van der Waals surface area contributed by atoms with E-state index in [-0.39, 0.29) is 18.6 Å². The number of ether oxygens (including phenoxy) is 1. The van der Waals surface area contributed by atoms with Crippen LogP contribution in [0.25, 0.3) is 0 Å². The fourth-order valence-electron chi connectivity index (χ4n) is 2.38. The Balaban J connectivity index is 1.99. The van der Waals surface area contributed by atoms with Gasteiger partial charge in [0.25, 0.3) is 0 Å². The second kappa shape index (κ2) is 4.42. The maximum absolute atomic E-state index is 11.8. The van der Waals surface area contributed by atoms with Gasteiger partial charge in [-0.3, -0.25) is 0 Å². The molecule has 0 radical (unpaired) electrons. The third-order valence-electron chi connectivity index (χ3n) is 3.44. The Morgan fingerprint density at radius 2 is 2.00 bits per heavy atom. The van der Waals surface area contributed by atoms with Crippen molar-refractivity contribution < 1.29 is 14.3 Å². The Morgan fingerprint density at radius 1 is 1.26 bits per heavy atom. The standard InChI is InChI=1S/C14H14N2O3/c1-2-8-3-5-9(6-4-8)12-11-10(7-19-13(11)17)15-14(18)16-12/h3-6,12H,2,7H2,1H3,(H2,15,16,18)/t12-/m1/s1. The van der Waals surface area contributed by atoms with Crippen LogP contribution in [-0.2, 0) is 16.0 Å². The van der Waals surface area contributed by atoms with Crippen molar-refractivity contribution in [3.63, 3.8) is 0 Å². The Hall–Kier alpha value is -2.30. The summed E-state index contributed by atoms with van der Waals surface area (Å²) >= 11 is 0. The van der Waals surface area contributed by atoms with Gasteiger partial charge in [0.15, 0.2) is 0 Å². The number of esters is 1. The first-order valence-corrected chi connectivity index (χ1v) is 6.25. The van der Waals surface area contributed by atoms with Gasteiger partial charge in [0.1, 0.15) is 6.61 Å². The van der Waals surface area contributed by atoms with E-state index in [2.05, 4.69) is 17.6 Å². The maximum atomic E-state index is 11.8. The lowest BCUT2D eigenvalue weighted by Crippen LogP contribution is -2.44. The number of aryl methyl sites for hydroxylation is 1. The van der Waals surface area contributed by atoms with Gasteiger partial charge in [-0.2, -0.15) is 0 Å². The molecule has 98 valence electrons. The van der Waals surface area contributed by atoms with Gasteiger partial charge in [-0.25, -0.2) is 9.59 Å². The lowest BCUT2D eigenvalue weighted by molar-refractivity contribution is -0.136. The van der Waals surface area contributed by atoms with Gasteiger partial charge >= 0.3 is 12.0 Å². The van der Waals surface area contributed by atoms with Crippen LogP contribution in [0.1, 0.15) is 24.1 Å². The van der Waals surface area contributed by atoms with Crippen LogP contribution in [0.5, 0.6) is 0 Å². The molecule has 2 heterocycles. The van der Waals surface area contributed by atoms with Crippen molar-refractivity contribution in [3.8, 4) is 0 Å². The summed E-state index contributed by atoms with van der Waals surface area (Å²) < 4.78 is 4.98. The van der Waals surface area contributed by atoms with Crippen LogP contribution in [-0.4, -0.2) is 18.6 Å². The molecular weight excluding hydrogens is 244 g/mol. The molecule has 0 saturated heterocycles. The molecule has 0 spiro atoms. The van der Waals surface area contributed by atoms with E-state index in [0.29, 0.717) is 11.3 Å². The lowest BCUT2D eigenvalue weighted by atomic mass is 9.95. The highest BCUT2D eigenvalue weighted by Crippen LogP contribution is 2.31. The molecule has 2 N–H and O–H groups in total. The van der Waals surface area contributed by atoms with Crippen LogP contribution >= 0.6 is 0 Å². The molecule has 5 heteroatoms.